The first-order valence-corrected chi connectivity index (χ1v) is 8.52. The summed E-state index contributed by atoms with van der Waals surface area (Å²) in [7, 11) is -4.30. The normalized spacial score (nSPS) is 13.7. The zero-order chi connectivity index (χ0) is 17.8. The molecule has 1 atom stereocenters. The lowest BCUT2D eigenvalue weighted by atomic mass is 10.2. The number of benzene rings is 1. The second-order valence-corrected chi connectivity index (χ2v) is 6.89. The van der Waals surface area contributed by atoms with E-state index in [1.165, 1.54) is 6.92 Å². The second-order valence-electron chi connectivity index (χ2n) is 4.77. The highest BCUT2D eigenvalue weighted by Gasteiger charge is 2.34. The summed E-state index contributed by atoms with van der Waals surface area (Å²) in [5.41, 5.74) is -1.26. The van der Waals surface area contributed by atoms with E-state index in [2.05, 4.69) is 5.32 Å². The lowest BCUT2D eigenvalue weighted by Crippen LogP contribution is -2.44. The van der Waals surface area contributed by atoms with E-state index in [0.717, 1.165) is 12.1 Å². The van der Waals surface area contributed by atoms with Gasteiger partial charge in [0.2, 0.25) is 15.9 Å². The zero-order valence-electron chi connectivity index (χ0n) is 12.4. The number of sulfonamides is 1. The van der Waals surface area contributed by atoms with E-state index in [-0.39, 0.29) is 0 Å². The van der Waals surface area contributed by atoms with Crippen LogP contribution in [0.25, 0.3) is 0 Å². The van der Waals surface area contributed by atoms with Crippen molar-refractivity contribution in [3.05, 3.63) is 28.8 Å². The summed E-state index contributed by atoms with van der Waals surface area (Å²) in [4.78, 5) is 11.0. The van der Waals surface area contributed by atoms with E-state index in [1.807, 2.05) is 11.6 Å². The maximum absolute atomic E-state index is 12.8. The number of halogens is 4. The fourth-order valence-corrected chi connectivity index (χ4v) is 3.10. The van der Waals surface area contributed by atoms with Crippen molar-refractivity contribution in [2.45, 2.75) is 37.4 Å². The molecule has 0 aliphatic rings. The number of alkyl halides is 3. The van der Waals surface area contributed by atoms with Crippen LogP contribution in [0.3, 0.4) is 0 Å². The first kappa shape index (κ1) is 19.7. The van der Waals surface area contributed by atoms with Gasteiger partial charge in [0, 0.05) is 6.54 Å². The molecule has 5 nitrogen and oxygen atoms in total. The smallest absolute Gasteiger partial charge is 0.355 e. The van der Waals surface area contributed by atoms with Gasteiger partial charge in [0.1, 0.15) is 0 Å². The van der Waals surface area contributed by atoms with Gasteiger partial charge in [0.15, 0.2) is 0 Å². The molecule has 1 aromatic rings. The Morgan fingerprint density at radius 3 is 2.48 bits per heavy atom. The van der Waals surface area contributed by atoms with Crippen molar-refractivity contribution in [3.63, 3.8) is 0 Å². The predicted octanol–water partition coefficient (Wildman–Crippen LogP) is 2.55. The fourth-order valence-electron chi connectivity index (χ4n) is 1.64. The summed E-state index contributed by atoms with van der Waals surface area (Å²) in [6.07, 6.45) is -4.12. The SMILES string of the molecule is CCCNC(=O)C(C)NS(=O)(=O)c1ccc(Cl)c(C(F)(F)F)c1. The minimum Gasteiger partial charge on any atom is -0.355 e. The minimum absolute atomic E-state index is 0.365. The van der Waals surface area contributed by atoms with Gasteiger partial charge >= 0.3 is 6.18 Å². The Balaban J connectivity index is 3.03. The summed E-state index contributed by atoms with van der Waals surface area (Å²) < 4.78 is 64.6. The quantitative estimate of drug-likeness (QED) is 0.805. The van der Waals surface area contributed by atoms with Crippen LogP contribution in [0.5, 0.6) is 0 Å². The van der Waals surface area contributed by atoms with Crippen LogP contribution in [0.2, 0.25) is 5.02 Å². The maximum atomic E-state index is 12.8. The Bertz CT molecular complexity index is 678. The lowest BCUT2D eigenvalue weighted by Gasteiger charge is -2.15. The number of amides is 1. The first-order chi connectivity index (χ1) is 10.5. The highest BCUT2D eigenvalue weighted by atomic mass is 35.5. The molecule has 0 spiro atoms. The summed E-state index contributed by atoms with van der Waals surface area (Å²) >= 11 is 5.44. The van der Waals surface area contributed by atoms with Gasteiger partial charge in [-0.25, -0.2) is 8.42 Å². The molecule has 1 unspecified atom stereocenters. The molecule has 0 aliphatic heterocycles. The van der Waals surface area contributed by atoms with E-state index >= 15 is 0 Å². The number of carbonyl (C=O) groups is 1. The van der Waals surface area contributed by atoms with Gasteiger partial charge in [0.05, 0.1) is 21.5 Å². The third-order valence-electron chi connectivity index (χ3n) is 2.83. The molecule has 0 fully saturated rings. The van der Waals surface area contributed by atoms with Crippen LogP contribution in [0.15, 0.2) is 23.1 Å². The number of rotatable bonds is 6. The maximum Gasteiger partial charge on any atom is 0.417 e. The Labute approximate surface area is 137 Å². The van der Waals surface area contributed by atoms with E-state index < -0.39 is 43.6 Å². The average Bonchev–Trinajstić information content (AvgIpc) is 2.43. The van der Waals surface area contributed by atoms with E-state index in [1.54, 1.807) is 0 Å². The molecule has 1 amide bonds. The van der Waals surface area contributed by atoms with Gasteiger partial charge in [-0.1, -0.05) is 18.5 Å². The summed E-state index contributed by atoms with van der Waals surface area (Å²) in [5, 5.41) is 1.88. The molecule has 1 aromatic carbocycles. The topological polar surface area (TPSA) is 75.3 Å². The number of hydrogen-bond acceptors (Lipinski definition) is 3. The van der Waals surface area contributed by atoms with Crippen LogP contribution in [0.4, 0.5) is 13.2 Å². The van der Waals surface area contributed by atoms with E-state index in [9.17, 15) is 26.4 Å². The molecule has 2 N–H and O–H groups in total. The van der Waals surface area contributed by atoms with Crippen molar-refractivity contribution in [2.24, 2.45) is 0 Å². The molecule has 0 aliphatic carbocycles. The van der Waals surface area contributed by atoms with Crippen LogP contribution < -0.4 is 10.0 Å². The van der Waals surface area contributed by atoms with Crippen molar-refractivity contribution in [3.8, 4) is 0 Å². The number of carbonyl (C=O) groups excluding carboxylic acids is 1. The molecule has 0 saturated heterocycles. The largest absolute Gasteiger partial charge is 0.417 e. The van der Waals surface area contributed by atoms with Gasteiger partial charge < -0.3 is 5.32 Å². The van der Waals surface area contributed by atoms with E-state index in [4.69, 9.17) is 11.6 Å². The molecule has 0 heterocycles. The highest BCUT2D eigenvalue weighted by Crippen LogP contribution is 2.35. The minimum atomic E-state index is -4.78. The first-order valence-electron chi connectivity index (χ1n) is 6.66. The summed E-state index contributed by atoms with van der Waals surface area (Å²) in [5.74, 6) is -0.569. The van der Waals surface area contributed by atoms with Crippen LogP contribution in [-0.4, -0.2) is 26.9 Å². The molecule has 1 rings (SSSR count). The molecular formula is C13H16ClF3N2O3S. The third-order valence-corrected chi connectivity index (χ3v) is 4.70. The van der Waals surface area contributed by atoms with Crippen molar-refractivity contribution >= 4 is 27.5 Å². The van der Waals surface area contributed by atoms with Gasteiger partial charge in [0.25, 0.3) is 0 Å². The Hall–Kier alpha value is -1.32. The molecular weight excluding hydrogens is 357 g/mol. The Morgan fingerprint density at radius 2 is 1.96 bits per heavy atom. The molecule has 130 valence electrons. The Morgan fingerprint density at radius 1 is 1.35 bits per heavy atom. The van der Waals surface area contributed by atoms with E-state index in [0.29, 0.717) is 19.0 Å². The predicted molar refractivity (Wildman–Crippen MR) is 79.5 cm³/mol. The number of hydrogen-bond donors (Lipinski definition) is 2. The molecule has 0 aromatic heterocycles. The van der Waals surface area contributed by atoms with Gasteiger partial charge in [-0.05, 0) is 31.5 Å². The second kappa shape index (κ2) is 7.50. The summed E-state index contributed by atoms with van der Waals surface area (Å²) in [6.45, 7) is 3.48. The van der Waals surface area contributed by atoms with Crippen molar-refractivity contribution in [2.75, 3.05) is 6.54 Å². The van der Waals surface area contributed by atoms with Gasteiger partial charge in [-0.3, -0.25) is 4.79 Å². The van der Waals surface area contributed by atoms with Crippen LogP contribution in [0.1, 0.15) is 25.8 Å². The molecule has 0 bridgehead atoms. The summed E-state index contributed by atoms with van der Waals surface area (Å²) in [6, 6.07) is 1.09. The van der Waals surface area contributed by atoms with Gasteiger partial charge in [-0.2, -0.15) is 17.9 Å². The third kappa shape index (κ3) is 5.36. The molecule has 23 heavy (non-hydrogen) atoms. The average molecular weight is 373 g/mol. The van der Waals surface area contributed by atoms with Crippen LogP contribution >= 0.6 is 11.6 Å². The monoisotopic (exact) mass is 372 g/mol. The van der Waals surface area contributed by atoms with Crippen LogP contribution in [0, 0.1) is 0 Å². The van der Waals surface area contributed by atoms with Gasteiger partial charge in [-0.15, -0.1) is 0 Å². The fraction of sp³-hybridized carbons (Fsp3) is 0.462. The van der Waals surface area contributed by atoms with Crippen LogP contribution in [-0.2, 0) is 21.0 Å². The van der Waals surface area contributed by atoms with Crippen molar-refractivity contribution < 1.29 is 26.4 Å². The molecule has 10 heteroatoms. The molecule has 0 saturated carbocycles. The molecule has 0 radical (unpaired) electrons. The van der Waals surface area contributed by atoms with Crippen molar-refractivity contribution in [1.29, 1.82) is 0 Å². The standard InChI is InChI=1S/C13H16ClF3N2O3S/c1-3-6-18-12(20)8(2)19-23(21,22)9-4-5-11(14)10(7-9)13(15,16)17/h4-5,7-8,19H,3,6H2,1-2H3,(H,18,20). The highest BCUT2D eigenvalue weighted by molar-refractivity contribution is 7.89. The lowest BCUT2D eigenvalue weighted by molar-refractivity contribution is -0.137. The van der Waals surface area contributed by atoms with Crippen molar-refractivity contribution in [1.82, 2.24) is 10.0 Å². The zero-order valence-corrected chi connectivity index (χ0v) is 13.9. The number of nitrogens with one attached hydrogen (secondary N) is 2. The Kier molecular flexibility index (Phi) is 6.43.